The zero-order valence-corrected chi connectivity index (χ0v) is 12.6. The standard InChI is InChI=1S/C16H25FN2O/c1-12(2)7-14(10-18)9-16(20)19(3)11-13-5-4-6-15(17)8-13/h4-6,8,12,14H,7,9-11,18H2,1-3H3. The third-order valence-corrected chi connectivity index (χ3v) is 3.34. The highest BCUT2D eigenvalue weighted by Crippen LogP contribution is 2.16. The number of rotatable bonds is 7. The summed E-state index contributed by atoms with van der Waals surface area (Å²) in [6, 6.07) is 6.34. The summed E-state index contributed by atoms with van der Waals surface area (Å²) < 4.78 is 13.1. The predicted molar refractivity (Wildman–Crippen MR) is 79.5 cm³/mol. The van der Waals surface area contributed by atoms with Crippen LogP contribution in [0.2, 0.25) is 0 Å². The van der Waals surface area contributed by atoms with Crippen LogP contribution in [-0.4, -0.2) is 24.4 Å². The first-order valence-corrected chi connectivity index (χ1v) is 7.10. The smallest absolute Gasteiger partial charge is 0.222 e. The fraction of sp³-hybridized carbons (Fsp3) is 0.562. The summed E-state index contributed by atoms with van der Waals surface area (Å²) in [5, 5.41) is 0. The van der Waals surface area contributed by atoms with Crippen molar-refractivity contribution in [2.45, 2.75) is 33.2 Å². The molecule has 0 saturated heterocycles. The van der Waals surface area contributed by atoms with Crippen LogP contribution in [-0.2, 0) is 11.3 Å². The largest absolute Gasteiger partial charge is 0.341 e. The zero-order chi connectivity index (χ0) is 15.1. The van der Waals surface area contributed by atoms with E-state index < -0.39 is 0 Å². The molecule has 1 atom stereocenters. The topological polar surface area (TPSA) is 46.3 Å². The Balaban J connectivity index is 2.54. The molecular formula is C16H25FN2O. The Bertz CT molecular complexity index is 434. The number of hydrogen-bond acceptors (Lipinski definition) is 2. The van der Waals surface area contributed by atoms with E-state index in [1.807, 2.05) is 6.07 Å². The lowest BCUT2D eigenvalue weighted by atomic mass is 9.94. The molecule has 0 spiro atoms. The van der Waals surface area contributed by atoms with Crippen LogP contribution in [0.3, 0.4) is 0 Å². The Kier molecular flexibility index (Phi) is 6.65. The van der Waals surface area contributed by atoms with Crippen LogP contribution in [0.4, 0.5) is 4.39 Å². The molecule has 0 aliphatic carbocycles. The summed E-state index contributed by atoms with van der Waals surface area (Å²) in [6.07, 6.45) is 1.41. The van der Waals surface area contributed by atoms with Crippen molar-refractivity contribution in [3.63, 3.8) is 0 Å². The summed E-state index contributed by atoms with van der Waals surface area (Å²) in [6.45, 7) is 5.21. The van der Waals surface area contributed by atoms with E-state index >= 15 is 0 Å². The molecule has 1 aromatic rings. The van der Waals surface area contributed by atoms with Crippen LogP contribution in [0.5, 0.6) is 0 Å². The molecule has 4 heteroatoms. The van der Waals surface area contributed by atoms with Crippen molar-refractivity contribution in [3.05, 3.63) is 35.6 Å². The van der Waals surface area contributed by atoms with Crippen LogP contribution in [0, 0.1) is 17.7 Å². The van der Waals surface area contributed by atoms with Crippen LogP contribution in [0.1, 0.15) is 32.3 Å². The van der Waals surface area contributed by atoms with Gasteiger partial charge in [0, 0.05) is 20.0 Å². The number of carbonyl (C=O) groups is 1. The summed E-state index contributed by atoms with van der Waals surface area (Å²) in [4.78, 5) is 13.8. The Morgan fingerprint density at radius 3 is 2.65 bits per heavy atom. The molecule has 2 N–H and O–H groups in total. The second-order valence-corrected chi connectivity index (χ2v) is 5.82. The van der Waals surface area contributed by atoms with Gasteiger partial charge in [-0.05, 0) is 42.5 Å². The van der Waals surface area contributed by atoms with Gasteiger partial charge in [0.1, 0.15) is 5.82 Å². The van der Waals surface area contributed by atoms with Crippen molar-refractivity contribution in [1.29, 1.82) is 0 Å². The molecule has 1 amide bonds. The van der Waals surface area contributed by atoms with E-state index in [0.29, 0.717) is 25.4 Å². The predicted octanol–water partition coefficient (Wildman–Crippen LogP) is 2.80. The van der Waals surface area contributed by atoms with Gasteiger partial charge in [-0.2, -0.15) is 0 Å². The second-order valence-electron chi connectivity index (χ2n) is 5.82. The molecule has 112 valence electrons. The molecule has 20 heavy (non-hydrogen) atoms. The maximum absolute atomic E-state index is 13.1. The van der Waals surface area contributed by atoms with Crippen molar-refractivity contribution in [2.24, 2.45) is 17.6 Å². The maximum Gasteiger partial charge on any atom is 0.222 e. The molecule has 0 aliphatic heterocycles. The van der Waals surface area contributed by atoms with Crippen LogP contribution in [0.25, 0.3) is 0 Å². The third kappa shape index (κ3) is 5.70. The summed E-state index contributed by atoms with van der Waals surface area (Å²) in [5.41, 5.74) is 6.52. The van der Waals surface area contributed by atoms with E-state index in [1.165, 1.54) is 12.1 Å². The van der Waals surface area contributed by atoms with Crippen molar-refractivity contribution in [3.8, 4) is 0 Å². The van der Waals surface area contributed by atoms with Crippen LogP contribution in [0.15, 0.2) is 24.3 Å². The van der Waals surface area contributed by atoms with E-state index in [9.17, 15) is 9.18 Å². The van der Waals surface area contributed by atoms with Crippen LogP contribution < -0.4 is 5.73 Å². The van der Waals surface area contributed by atoms with Gasteiger partial charge in [0.05, 0.1) is 0 Å². The van der Waals surface area contributed by atoms with Crippen LogP contribution >= 0.6 is 0 Å². The highest BCUT2D eigenvalue weighted by Gasteiger charge is 2.17. The van der Waals surface area contributed by atoms with Gasteiger partial charge < -0.3 is 10.6 Å². The number of hydrogen-bond donors (Lipinski definition) is 1. The maximum atomic E-state index is 13.1. The molecule has 0 aromatic heterocycles. The third-order valence-electron chi connectivity index (χ3n) is 3.34. The fourth-order valence-corrected chi connectivity index (χ4v) is 2.33. The fourth-order valence-electron chi connectivity index (χ4n) is 2.33. The lowest BCUT2D eigenvalue weighted by molar-refractivity contribution is -0.131. The number of carbonyl (C=O) groups excluding carboxylic acids is 1. The van der Waals surface area contributed by atoms with Crippen molar-refractivity contribution >= 4 is 5.91 Å². The Morgan fingerprint density at radius 2 is 2.10 bits per heavy atom. The zero-order valence-electron chi connectivity index (χ0n) is 12.6. The van der Waals surface area contributed by atoms with Gasteiger partial charge >= 0.3 is 0 Å². The van der Waals surface area contributed by atoms with Gasteiger partial charge in [-0.1, -0.05) is 26.0 Å². The molecule has 0 saturated carbocycles. The quantitative estimate of drug-likeness (QED) is 0.835. The van der Waals surface area contributed by atoms with Gasteiger partial charge in [-0.15, -0.1) is 0 Å². The molecule has 0 fully saturated rings. The van der Waals surface area contributed by atoms with Crippen molar-refractivity contribution in [1.82, 2.24) is 4.90 Å². The van der Waals surface area contributed by atoms with Gasteiger partial charge in [0.15, 0.2) is 0 Å². The number of amides is 1. The monoisotopic (exact) mass is 280 g/mol. The Morgan fingerprint density at radius 1 is 1.40 bits per heavy atom. The minimum absolute atomic E-state index is 0.0605. The molecule has 0 bridgehead atoms. The molecule has 0 heterocycles. The number of nitrogens with two attached hydrogens (primary N) is 1. The van der Waals surface area contributed by atoms with E-state index in [1.54, 1.807) is 18.0 Å². The van der Waals surface area contributed by atoms with Gasteiger partial charge in [0.25, 0.3) is 0 Å². The molecular weight excluding hydrogens is 255 g/mol. The van der Waals surface area contributed by atoms with Crippen molar-refractivity contribution < 1.29 is 9.18 Å². The molecule has 1 aromatic carbocycles. The van der Waals surface area contributed by atoms with E-state index in [4.69, 9.17) is 5.73 Å². The minimum Gasteiger partial charge on any atom is -0.341 e. The SMILES string of the molecule is CC(C)CC(CN)CC(=O)N(C)Cc1cccc(F)c1. The van der Waals surface area contributed by atoms with Crippen molar-refractivity contribution in [2.75, 3.05) is 13.6 Å². The normalized spacial score (nSPS) is 12.5. The Hall–Kier alpha value is -1.42. The summed E-state index contributed by atoms with van der Waals surface area (Å²) >= 11 is 0. The molecule has 3 nitrogen and oxygen atoms in total. The molecule has 0 radical (unpaired) electrons. The van der Waals surface area contributed by atoms with Gasteiger partial charge in [-0.25, -0.2) is 4.39 Å². The lowest BCUT2D eigenvalue weighted by Gasteiger charge is -2.22. The molecule has 0 aliphatic rings. The average Bonchev–Trinajstić information content (AvgIpc) is 2.37. The number of nitrogens with zero attached hydrogens (tertiary/aromatic N) is 1. The average molecular weight is 280 g/mol. The first-order chi connectivity index (χ1) is 9.42. The summed E-state index contributed by atoms with van der Waals surface area (Å²) in [7, 11) is 1.75. The lowest BCUT2D eigenvalue weighted by Crippen LogP contribution is -2.30. The van der Waals surface area contributed by atoms with E-state index in [-0.39, 0.29) is 17.6 Å². The molecule has 1 unspecified atom stereocenters. The van der Waals surface area contributed by atoms with E-state index in [0.717, 1.165) is 12.0 Å². The highest BCUT2D eigenvalue weighted by molar-refractivity contribution is 5.76. The first-order valence-electron chi connectivity index (χ1n) is 7.10. The first kappa shape index (κ1) is 16.6. The highest BCUT2D eigenvalue weighted by atomic mass is 19.1. The number of benzene rings is 1. The molecule has 1 rings (SSSR count). The Labute approximate surface area is 121 Å². The summed E-state index contributed by atoms with van der Waals surface area (Å²) in [5.74, 6) is 0.538. The van der Waals surface area contributed by atoms with Gasteiger partial charge in [0.2, 0.25) is 5.91 Å². The van der Waals surface area contributed by atoms with E-state index in [2.05, 4.69) is 13.8 Å². The number of halogens is 1. The van der Waals surface area contributed by atoms with Gasteiger partial charge in [-0.3, -0.25) is 4.79 Å². The second kappa shape index (κ2) is 8.00. The minimum atomic E-state index is -0.275.